The Hall–Kier alpha value is -2.84. The molecule has 182 valence electrons. The lowest BCUT2D eigenvalue weighted by atomic mass is 10.2. The van der Waals surface area contributed by atoms with Gasteiger partial charge in [0.05, 0.1) is 16.8 Å². The molecule has 0 bridgehead atoms. The van der Waals surface area contributed by atoms with Crippen LogP contribution in [0.1, 0.15) is 44.0 Å². The highest BCUT2D eigenvalue weighted by molar-refractivity contribution is 7.22. The van der Waals surface area contributed by atoms with Crippen LogP contribution in [0.2, 0.25) is 0 Å². The summed E-state index contributed by atoms with van der Waals surface area (Å²) in [5.74, 6) is 2.15. The Morgan fingerprint density at radius 1 is 1.03 bits per heavy atom. The summed E-state index contributed by atoms with van der Waals surface area (Å²) in [7, 11) is 0. The predicted molar refractivity (Wildman–Crippen MR) is 137 cm³/mol. The second-order valence-corrected chi connectivity index (χ2v) is 9.18. The Bertz CT molecular complexity index is 1050. The average Bonchev–Trinajstić information content (AvgIpc) is 3.28. The van der Waals surface area contributed by atoms with Gasteiger partial charge in [0, 0.05) is 30.8 Å². The number of aromatic nitrogens is 1. The van der Waals surface area contributed by atoms with Crippen molar-refractivity contribution in [3.63, 3.8) is 0 Å². The average molecular weight is 484 g/mol. The molecule has 1 amide bonds. The van der Waals surface area contributed by atoms with E-state index < -0.39 is 0 Å². The number of benzene rings is 2. The molecule has 2 aromatic carbocycles. The van der Waals surface area contributed by atoms with Gasteiger partial charge in [-0.2, -0.15) is 0 Å². The molecule has 0 atom stereocenters. The lowest BCUT2D eigenvalue weighted by Crippen LogP contribution is -2.38. The van der Waals surface area contributed by atoms with E-state index >= 15 is 0 Å². The first-order valence-electron chi connectivity index (χ1n) is 12.1. The van der Waals surface area contributed by atoms with E-state index in [1.165, 1.54) is 11.3 Å². The van der Waals surface area contributed by atoms with Crippen LogP contribution in [0.3, 0.4) is 0 Å². The van der Waals surface area contributed by atoms with Crippen molar-refractivity contribution in [2.45, 2.75) is 33.6 Å². The maximum Gasteiger partial charge on any atom is 0.260 e. The first kappa shape index (κ1) is 24.3. The van der Waals surface area contributed by atoms with Crippen LogP contribution in [0.4, 0.5) is 5.13 Å². The van der Waals surface area contributed by atoms with Crippen molar-refractivity contribution in [2.75, 3.05) is 50.9 Å². The lowest BCUT2D eigenvalue weighted by molar-refractivity contribution is 0.0983. The maximum absolute atomic E-state index is 13.6. The summed E-state index contributed by atoms with van der Waals surface area (Å²) in [5.41, 5.74) is 1.43. The highest BCUT2D eigenvalue weighted by Crippen LogP contribution is 2.39. The molecule has 0 N–H and O–H groups in total. The number of amides is 1. The van der Waals surface area contributed by atoms with E-state index in [1.54, 1.807) is 4.90 Å². The highest BCUT2D eigenvalue weighted by atomic mass is 32.1. The van der Waals surface area contributed by atoms with Gasteiger partial charge in [-0.1, -0.05) is 38.5 Å². The third-order valence-corrected chi connectivity index (χ3v) is 6.96. The number of rotatable bonds is 11. The number of hydrogen-bond acceptors (Lipinski definition) is 7. The fourth-order valence-electron chi connectivity index (χ4n) is 3.82. The smallest absolute Gasteiger partial charge is 0.260 e. The molecule has 0 fully saturated rings. The summed E-state index contributed by atoms with van der Waals surface area (Å²) in [6.07, 6.45) is 2.10. The van der Waals surface area contributed by atoms with E-state index in [1.807, 2.05) is 36.4 Å². The van der Waals surface area contributed by atoms with E-state index in [9.17, 15) is 4.79 Å². The van der Waals surface area contributed by atoms with Crippen LogP contribution < -0.4 is 19.1 Å². The summed E-state index contributed by atoms with van der Waals surface area (Å²) in [6, 6.07) is 11.3. The molecule has 0 radical (unpaired) electrons. The third-order valence-electron chi connectivity index (χ3n) is 5.92. The minimum Gasteiger partial charge on any atom is -0.494 e. The molecule has 1 aliphatic rings. The number of anilines is 1. The van der Waals surface area contributed by atoms with E-state index in [0.29, 0.717) is 42.8 Å². The first-order valence-corrected chi connectivity index (χ1v) is 12.9. The lowest BCUT2D eigenvalue weighted by Gasteiger charge is -2.24. The van der Waals surface area contributed by atoms with Gasteiger partial charge >= 0.3 is 0 Å². The minimum atomic E-state index is -0.0661. The molecule has 4 rings (SSSR count). The maximum atomic E-state index is 13.6. The van der Waals surface area contributed by atoms with Gasteiger partial charge in [-0.15, -0.1) is 0 Å². The molecule has 7 nitrogen and oxygen atoms in total. The molecule has 0 saturated carbocycles. The van der Waals surface area contributed by atoms with Crippen molar-refractivity contribution in [1.82, 2.24) is 9.88 Å². The largest absolute Gasteiger partial charge is 0.494 e. The van der Waals surface area contributed by atoms with E-state index in [-0.39, 0.29) is 5.91 Å². The number of unbranched alkanes of at least 4 members (excludes halogenated alkanes) is 1. The molecular weight excluding hydrogens is 450 g/mol. The standard InChI is InChI=1S/C26H33N3O4S/c1-4-7-14-31-20-10-8-19(9-11-20)25(30)29(13-12-28(5-2)6-3)26-27-21-17-22-23(18-24(21)34-26)33-16-15-32-22/h8-11,17-18H,4-7,12-16H2,1-3H3. The first-order chi connectivity index (χ1) is 16.6. The summed E-state index contributed by atoms with van der Waals surface area (Å²) in [6.45, 7) is 11.4. The molecule has 3 aromatic rings. The number of fused-ring (bicyclic) bond motifs is 2. The van der Waals surface area contributed by atoms with Gasteiger partial charge in [0.2, 0.25) is 0 Å². The second kappa shape index (κ2) is 11.5. The molecular formula is C26H33N3O4S. The summed E-state index contributed by atoms with van der Waals surface area (Å²) < 4.78 is 18.2. The van der Waals surface area contributed by atoms with Gasteiger partial charge in [-0.05, 0) is 43.8 Å². The van der Waals surface area contributed by atoms with Crippen molar-refractivity contribution in [3.05, 3.63) is 42.0 Å². The van der Waals surface area contributed by atoms with Crippen molar-refractivity contribution in [2.24, 2.45) is 0 Å². The van der Waals surface area contributed by atoms with Gasteiger partial charge in [0.25, 0.3) is 5.91 Å². The molecule has 0 spiro atoms. The third kappa shape index (κ3) is 5.62. The topological polar surface area (TPSA) is 64.1 Å². The fourth-order valence-corrected chi connectivity index (χ4v) is 4.82. The minimum absolute atomic E-state index is 0.0661. The van der Waals surface area contributed by atoms with Crippen molar-refractivity contribution in [3.8, 4) is 17.2 Å². The molecule has 1 aromatic heterocycles. The predicted octanol–water partition coefficient (Wildman–Crippen LogP) is 5.24. The summed E-state index contributed by atoms with van der Waals surface area (Å²) in [4.78, 5) is 22.5. The molecule has 2 heterocycles. The van der Waals surface area contributed by atoms with Crippen molar-refractivity contribution >= 4 is 32.6 Å². The number of hydrogen-bond donors (Lipinski definition) is 0. The molecule has 1 aliphatic heterocycles. The normalized spacial score (nSPS) is 12.8. The van der Waals surface area contributed by atoms with Crippen LogP contribution in [-0.4, -0.2) is 61.8 Å². The zero-order chi connectivity index (χ0) is 23.9. The number of ether oxygens (including phenoxy) is 3. The van der Waals surface area contributed by atoms with E-state index in [2.05, 4.69) is 25.7 Å². The summed E-state index contributed by atoms with van der Waals surface area (Å²) >= 11 is 1.50. The Morgan fingerprint density at radius 3 is 2.41 bits per heavy atom. The number of carbonyl (C=O) groups excluding carboxylic acids is 1. The van der Waals surface area contributed by atoms with Crippen LogP contribution >= 0.6 is 11.3 Å². The number of thiazole rings is 1. The molecule has 0 saturated heterocycles. The van der Waals surface area contributed by atoms with Gasteiger partial charge < -0.3 is 19.1 Å². The number of likely N-dealkylation sites (N-methyl/N-ethyl adjacent to an activating group) is 1. The quantitative estimate of drug-likeness (QED) is 0.348. The van der Waals surface area contributed by atoms with Crippen molar-refractivity contribution < 1.29 is 19.0 Å². The van der Waals surface area contributed by atoms with Crippen LogP contribution in [0, 0.1) is 0 Å². The van der Waals surface area contributed by atoms with Crippen LogP contribution in [0.5, 0.6) is 17.2 Å². The molecule has 8 heteroatoms. The zero-order valence-electron chi connectivity index (χ0n) is 20.2. The van der Waals surface area contributed by atoms with Gasteiger partial charge in [0.1, 0.15) is 19.0 Å². The summed E-state index contributed by atoms with van der Waals surface area (Å²) in [5, 5.41) is 0.678. The second-order valence-electron chi connectivity index (χ2n) is 8.17. The Kier molecular flexibility index (Phi) is 8.24. The van der Waals surface area contributed by atoms with Gasteiger partial charge in [-0.3, -0.25) is 9.69 Å². The molecule has 0 unspecified atom stereocenters. The highest BCUT2D eigenvalue weighted by Gasteiger charge is 2.23. The van der Waals surface area contributed by atoms with Crippen LogP contribution in [-0.2, 0) is 0 Å². The van der Waals surface area contributed by atoms with E-state index in [4.69, 9.17) is 19.2 Å². The van der Waals surface area contributed by atoms with E-state index in [0.717, 1.165) is 54.2 Å². The van der Waals surface area contributed by atoms with Crippen LogP contribution in [0.25, 0.3) is 10.2 Å². The molecule has 34 heavy (non-hydrogen) atoms. The Morgan fingerprint density at radius 2 is 1.74 bits per heavy atom. The van der Waals surface area contributed by atoms with Gasteiger partial charge in [0.15, 0.2) is 16.6 Å². The Balaban J connectivity index is 1.60. The number of nitrogens with zero attached hydrogens (tertiary/aromatic N) is 3. The fraction of sp³-hybridized carbons (Fsp3) is 0.462. The zero-order valence-corrected chi connectivity index (χ0v) is 21.0. The number of carbonyl (C=O) groups is 1. The SMILES string of the molecule is CCCCOc1ccc(C(=O)N(CCN(CC)CC)c2nc3cc4c(cc3s2)OCCO4)cc1. The monoisotopic (exact) mass is 483 g/mol. The molecule has 0 aliphatic carbocycles. The van der Waals surface area contributed by atoms with Crippen LogP contribution in [0.15, 0.2) is 36.4 Å². The Labute approximate surface area is 205 Å². The van der Waals surface area contributed by atoms with Gasteiger partial charge in [-0.25, -0.2) is 4.98 Å². The van der Waals surface area contributed by atoms with Crippen molar-refractivity contribution in [1.29, 1.82) is 0 Å².